The number of methoxy groups -OCH3 is 1. The molecular formula is C14H14FNO3S. The van der Waals surface area contributed by atoms with Crippen molar-refractivity contribution in [3.63, 3.8) is 0 Å². The van der Waals surface area contributed by atoms with Gasteiger partial charge in [-0.15, -0.1) is 0 Å². The van der Waals surface area contributed by atoms with Crippen LogP contribution in [-0.4, -0.2) is 15.5 Å². The van der Waals surface area contributed by atoms with Crippen molar-refractivity contribution in [2.45, 2.75) is 10.6 Å². The van der Waals surface area contributed by atoms with E-state index in [0.29, 0.717) is 0 Å². The Hall–Kier alpha value is -2.08. The minimum Gasteiger partial charge on any atom is -0.494 e. The van der Waals surface area contributed by atoms with Gasteiger partial charge in [0.15, 0.2) is 21.4 Å². The fourth-order valence-corrected chi connectivity index (χ4v) is 3.37. The highest BCUT2D eigenvalue weighted by Crippen LogP contribution is 2.26. The molecule has 6 heteroatoms. The second kappa shape index (κ2) is 5.50. The standard InChI is InChI=1S/C14H14FNO3S/c1-19-12-7-4-5-10(14(12)15)9-20(17,18)13-8-3-2-6-11(13)16/h2-8H,9,16H2,1H3. The van der Waals surface area contributed by atoms with Crippen molar-refractivity contribution in [3.8, 4) is 5.75 Å². The predicted molar refractivity (Wildman–Crippen MR) is 74.7 cm³/mol. The molecule has 0 heterocycles. The summed E-state index contributed by atoms with van der Waals surface area (Å²) in [6.07, 6.45) is 0. The fraction of sp³-hybridized carbons (Fsp3) is 0.143. The van der Waals surface area contributed by atoms with Gasteiger partial charge in [-0.3, -0.25) is 0 Å². The number of ether oxygens (including phenoxy) is 1. The van der Waals surface area contributed by atoms with Gasteiger partial charge in [-0.2, -0.15) is 0 Å². The van der Waals surface area contributed by atoms with Gasteiger partial charge in [-0.1, -0.05) is 24.3 Å². The molecule has 0 atom stereocenters. The van der Waals surface area contributed by atoms with E-state index in [1.165, 1.54) is 31.4 Å². The van der Waals surface area contributed by atoms with Crippen LogP contribution in [-0.2, 0) is 15.6 Å². The third-order valence-electron chi connectivity index (χ3n) is 2.86. The van der Waals surface area contributed by atoms with Crippen LogP contribution >= 0.6 is 0 Å². The summed E-state index contributed by atoms with van der Waals surface area (Å²) in [5.74, 6) is -1.13. The van der Waals surface area contributed by atoms with Crippen LogP contribution in [0.15, 0.2) is 47.4 Å². The maximum Gasteiger partial charge on any atom is 0.184 e. The lowest BCUT2D eigenvalue weighted by atomic mass is 10.2. The van der Waals surface area contributed by atoms with Crippen LogP contribution in [0.4, 0.5) is 10.1 Å². The number of hydrogen-bond donors (Lipinski definition) is 1. The number of nitrogen functional groups attached to an aromatic ring is 1. The summed E-state index contributed by atoms with van der Waals surface area (Å²) in [7, 11) is -2.39. The molecule has 106 valence electrons. The van der Waals surface area contributed by atoms with Crippen molar-refractivity contribution < 1.29 is 17.5 Å². The largest absolute Gasteiger partial charge is 0.494 e. The molecule has 2 aromatic rings. The van der Waals surface area contributed by atoms with Gasteiger partial charge in [0.2, 0.25) is 0 Å². The van der Waals surface area contributed by atoms with Crippen molar-refractivity contribution in [2.75, 3.05) is 12.8 Å². The second-order valence-electron chi connectivity index (χ2n) is 4.23. The molecule has 0 saturated carbocycles. The van der Waals surface area contributed by atoms with Crippen molar-refractivity contribution in [1.82, 2.24) is 0 Å². The Morgan fingerprint density at radius 2 is 1.85 bits per heavy atom. The number of anilines is 1. The number of para-hydroxylation sites is 1. The van der Waals surface area contributed by atoms with E-state index in [4.69, 9.17) is 10.5 Å². The van der Waals surface area contributed by atoms with E-state index >= 15 is 0 Å². The number of hydrogen-bond acceptors (Lipinski definition) is 4. The molecule has 20 heavy (non-hydrogen) atoms. The molecule has 0 aliphatic carbocycles. The van der Waals surface area contributed by atoms with Gasteiger partial charge in [0.25, 0.3) is 0 Å². The molecule has 4 nitrogen and oxygen atoms in total. The molecule has 0 unspecified atom stereocenters. The van der Waals surface area contributed by atoms with E-state index < -0.39 is 21.4 Å². The topological polar surface area (TPSA) is 69.4 Å². The maximum absolute atomic E-state index is 14.0. The van der Waals surface area contributed by atoms with Crippen LogP contribution in [0.1, 0.15) is 5.56 Å². The number of rotatable bonds is 4. The average molecular weight is 295 g/mol. The van der Waals surface area contributed by atoms with Gasteiger partial charge in [0.1, 0.15) is 0 Å². The van der Waals surface area contributed by atoms with Crippen LogP contribution < -0.4 is 10.5 Å². The highest BCUT2D eigenvalue weighted by molar-refractivity contribution is 7.90. The van der Waals surface area contributed by atoms with E-state index in [0.717, 1.165) is 0 Å². The number of halogens is 1. The third-order valence-corrected chi connectivity index (χ3v) is 4.60. The molecule has 0 fully saturated rings. The SMILES string of the molecule is COc1cccc(CS(=O)(=O)c2ccccc2N)c1F. The molecule has 0 aromatic heterocycles. The molecular weight excluding hydrogens is 281 g/mol. The number of benzene rings is 2. The maximum atomic E-state index is 14.0. The molecule has 0 saturated heterocycles. The smallest absolute Gasteiger partial charge is 0.184 e. The minimum absolute atomic E-state index is 0.00206. The first kappa shape index (κ1) is 14.3. The monoisotopic (exact) mass is 295 g/mol. The highest BCUT2D eigenvalue weighted by Gasteiger charge is 2.21. The number of sulfone groups is 1. The zero-order valence-electron chi connectivity index (χ0n) is 10.8. The van der Waals surface area contributed by atoms with Crippen LogP contribution in [0, 0.1) is 5.82 Å². The predicted octanol–water partition coefficient (Wildman–Crippen LogP) is 2.39. The Labute approximate surface area is 116 Å². The fourth-order valence-electron chi connectivity index (χ4n) is 1.87. The molecule has 2 aromatic carbocycles. The Kier molecular flexibility index (Phi) is 3.94. The Bertz CT molecular complexity index is 729. The van der Waals surface area contributed by atoms with Gasteiger partial charge in [-0.05, 0) is 18.2 Å². The summed E-state index contributed by atoms with van der Waals surface area (Å²) >= 11 is 0. The number of nitrogens with two attached hydrogens (primary N) is 1. The molecule has 0 spiro atoms. The van der Waals surface area contributed by atoms with E-state index in [2.05, 4.69) is 0 Å². The molecule has 2 rings (SSSR count). The normalized spacial score (nSPS) is 11.3. The van der Waals surface area contributed by atoms with E-state index in [1.807, 2.05) is 0 Å². The Morgan fingerprint density at radius 3 is 2.50 bits per heavy atom. The molecule has 0 aliphatic rings. The van der Waals surface area contributed by atoms with E-state index in [-0.39, 0.29) is 21.9 Å². The third kappa shape index (κ3) is 2.75. The van der Waals surface area contributed by atoms with E-state index in [9.17, 15) is 12.8 Å². The van der Waals surface area contributed by atoms with Gasteiger partial charge < -0.3 is 10.5 Å². The van der Waals surface area contributed by atoms with Crippen LogP contribution in [0.5, 0.6) is 5.75 Å². The molecule has 0 radical (unpaired) electrons. The Balaban J connectivity index is 2.42. The van der Waals surface area contributed by atoms with Crippen LogP contribution in [0.25, 0.3) is 0 Å². The minimum atomic E-state index is -3.71. The quantitative estimate of drug-likeness (QED) is 0.879. The summed E-state index contributed by atoms with van der Waals surface area (Å²) in [4.78, 5) is 0.00206. The summed E-state index contributed by atoms with van der Waals surface area (Å²) in [5.41, 5.74) is 5.85. The summed E-state index contributed by atoms with van der Waals surface area (Å²) in [6, 6.07) is 10.5. The van der Waals surface area contributed by atoms with Crippen LogP contribution in [0.3, 0.4) is 0 Å². The lowest BCUT2D eigenvalue weighted by molar-refractivity contribution is 0.385. The van der Waals surface area contributed by atoms with Gasteiger partial charge in [-0.25, -0.2) is 12.8 Å². The molecule has 0 amide bonds. The van der Waals surface area contributed by atoms with Gasteiger partial charge in [0.05, 0.1) is 23.4 Å². The molecule has 0 aliphatic heterocycles. The lowest BCUT2D eigenvalue weighted by Gasteiger charge is -2.09. The van der Waals surface area contributed by atoms with Crippen molar-refractivity contribution >= 4 is 15.5 Å². The van der Waals surface area contributed by atoms with Crippen molar-refractivity contribution in [3.05, 3.63) is 53.8 Å². The first-order valence-corrected chi connectivity index (χ1v) is 7.49. The first-order chi connectivity index (χ1) is 9.45. The van der Waals surface area contributed by atoms with Crippen molar-refractivity contribution in [2.24, 2.45) is 0 Å². The zero-order chi connectivity index (χ0) is 14.8. The molecule has 0 bridgehead atoms. The van der Waals surface area contributed by atoms with Gasteiger partial charge >= 0.3 is 0 Å². The lowest BCUT2D eigenvalue weighted by Crippen LogP contribution is -2.09. The highest BCUT2D eigenvalue weighted by atomic mass is 32.2. The molecule has 2 N–H and O–H groups in total. The van der Waals surface area contributed by atoms with Crippen molar-refractivity contribution in [1.29, 1.82) is 0 Å². The summed E-state index contributed by atoms with van der Waals surface area (Å²) < 4.78 is 43.4. The first-order valence-electron chi connectivity index (χ1n) is 5.84. The summed E-state index contributed by atoms with van der Waals surface area (Å²) in [6.45, 7) is 0. The van der Waals surface area contributed by atoms with E-state index in [1.54, 1.807) is 18.2 Å². The van der Waals surface area contributed by atoms with Crippen LogP contribution in [0.2, 0.25) is 0 Å². The van der Waals surface area contributed by atoms with Gasteiger partial charge in [0, 0.05) is 5.56 Å². The second-order valence-corrected chi connectivity index (χ2v) is 6.19. The zero-order valence-corrected chi connectivity index (χ0v) is 11.7. The average Bonchev–Trinajstić information content (AvgIpc) is 2.41. The summed E-state index contributed by atoms with van der Waals surface area (Å²) in [5, 5.41) is 0. The Morgan fingerprint density at radius 1 is 1.15 bits per heavy atom.